The zero-order valence-corrected chi connectivity index (χ0v) is 12.9. The van der Waals surface area contributed by atoms with E-state index >= 15 is 0 Å². The predicted molar refractivity (Wildman–Crippen MR) is 84.1 cm³/mol. The highest BCUT2D eigenvalue weighted by Gasteiger charge is 2.34. The van der Waals surface area contributed by atoms with Gasteiger partial charge in [0.2, 0.25) is 0 Å². The first-order valence-corrected chi connectivity index (χ1v) is 7.44. The molecule has 0 aromatic heterocycles. The number of carboxylic acids is 1. The molecule has 1 heterocycles. The normalized spacial score (nSPS) is 12.5. The number of carbonyl (C=O) groups is 3. The van der Waals surface area contributed by atoms with Crippen molar-refractivity contribution in [3.8, 4) is 0 Å². The minimum absolute atomic E-state index is 0.0531. The van der Waals surface area contributed by atoms with Gasteiger partial charge in [0, 0.05) is 19.2 Å². The molecule has 2 rings (SSSR count). The van der Waals surface area contributed by atoms with E-state index in [2.05, 4.69) is 0 Å². The van der Waals surface area contributed by atoms with Gasteiger partial charge in [0.25, 0.3) is 17.8 Å². The number of amides is 2. The average molecular weight is 323 g/mol. The first kappa shape index (κ1) is 17.7. The summed E-state index contributed by atoms with van der Waals surface area (Å²) in [4.78, 5) is 34.2. The number of amidine groups is 1. The molecule has 22 heavy (non-hydrogen) atoms. The van der Waals surface area contributed by atoms with Crippen LogP contribution in [0.2, 0.25) is 0 Å². The van der Waals surface area contributed by atoms with Crippen LogP contribution in [0.25, 0.3) is 0 Å². The third kappa shape index (κ3) is 4.88. The van der Waals surface area contributed by atoms with Crippen molar-refractivity contribution in [1.29, 1.82) is 5.41 Å². The van der Waals surface area contributed by atoms with Crippen molar-refractivity contribution in [3.05, 3.63) is 35.4 Å². The summed E-state index contributed by atoms with van der Waals surface area (Å²) >= 11 is 1.21. The summed E-state index contributed by atoms with van der Waals surface area (Å²) in [6, 6.07) is 6.83. The van der Waals surface area contributed by atoms with E-state index in [1.807, 2.05) is 0 Å². The number of benzene rings is 1. The Balaban J connectivity index is 0.000000541. The number of imide groups is 1. The number of thioether (sulfide) groups is 1. The molecule has 0 saturated carbocycles. The van der Waals surface area contributed by atoms with Crippen molar-refractivity contribution in [2.24, 2.45) is 5.73 Å². The summed E-state index contributed by atoms with van der Waals surface area (Å²) < 4.78 is 0. The van der Waals surface area contributed by atoms with E-state index in [1.165, 1.54) is 16.7 Å². The Morgan fingerprint density at radius 2 is 1.73 bits per heavy atom. The van der Waals surface area contributed by atoms with Crippen LogP contribution in [0.1, 0.15) is 34.1 Å². The van der Waals surface area contributed by atoms with E-state index in [0.717, 1.165) is 6.92 Å². The quantitative estimate of drug-likeness (QED) is 0.333. The van der Waals surface area contributed by atoms with Crippen LogP contribution in [0.15, 0.2) is 24.3 Å². The fourth-order valence-electron chi connectivity index (χ4n) is 1.85. The van der Waals surface area contributed by atoms with Gasteiger partial charge in [-0.05, 0) is 18.6 Å². The Hall–Kier alpha value is -2.35. The van der Waals surface area contributed by atoms with Crippen LogP contribution < -0.4 is 5.73 Å². The molecule has 0 bridgehead atoms. The molecule has 0 unspecified atom stereocenters. The standard InChI is InChI=1S/C12H13N3O2S.C2H4O2/c13-12(14)18-7-3-6-15-10(16)8-4-1-2-5-9(8)11(15)17;1-2(3)4/h1-2,4-5H,3,6-7H2,(H3,13,14);1H3,(H,3,4). The van der Waals surface area contributed by atoms with Crippen LogP contribution in [0, 0.1) is 5.41 Å². The molecule has 118 valence electrons. The Morgan fingerprint density at radius 3 is 2.14 bits per heavy atom. The van der Waals surface area contributed by atoms with Crippen LogP contribution in [0.5, 0.6) is 0 Å². The van der Waals surface area contributed by atoms with Crippen molar-refractivity contribution >= 4 is 34.7 Å². The second-order valence-corrected chi connectivity index (χ2v) is 5.53. The van der Waals surface area contributed by atoms with E-state index in [9.17, 15) is 9.59 Å². The maximum atomic E-state index is 12.0. The van der Waals surface area contributed by atoms with Gasteiger partial charge in [0.1, 0.15) is 0 Å². The van der Waals surface area contributed by atoms with Crippen molar-refractivity contribution in [1.82, 2.24) is 4.90 Å². The summed E-state index contributed by atoms with van der Waals surface area (Å²) in [6.07, 6.45) is 0.635. The third-order valence-electron chi connectivity index (χ3n) is 2.66. The van der Waals surface area contributed by atoms with E-state index < -0.39 is 5.97 Å². The summed E-state index contributed by atoms with van der Waals surface area (Å²) in [5, 5.41) is 14.5. The number of hydrogen-bond acceptors (Lipinski definition) is 5. The highest BCUT2D eigenvalue weighted by molar-refractivity contribution is 8.13. The Kier molecular flexibility index (Phi) is 6.58. The predicted octanol–water partition coefficient (Wildman–Crippen LogP) is 1.39. The summed E-state index contributed by atoms with van der Waals surface area (Å²) in [6.45, 7) is 1.45. The molecule has 1 aromatic rings. The molecule has 7 nitrogen and oxygen atoms in total. The number of nitrogens with two attached hydrogens (primary N) is 1. The lowest BCUT2D eigenvalue weighted by atomic mass is 10.1. The molecule has 0 spiro atoms. The molecular formula is C14H17N3O4S. The molecule has 4 N–H and O–H groups in total. The molecule has 0 saturated heterocycles. The number of hydrogen-bond donors (Lipinski definition) is 3. The molecule has 0 atom stereocenters. The summed E-state index contributed by atoms with van der Waals surface area (Å²) in [5.41, 5.74) is 6.16. The number of carbonyl (C=O) groups excluding carboxylic acids is 2. The van der Waals surface area contributed by atoms with Crippen molar-refractivity contribution < 1.29 is 19.5 Å². The molecule has 1 aromatic carbocycles. The van der Waals surface area contributed by atoms with Crippen LogP contribution in [-0.4, -0.2) is 45.3 Å². The zero-order valence-electron chi connectivity index (χ0n) is 12.0. The minimum atomic E-state index is -0.833. The molecule has 0 radical (unpaired) electrons. The highest BCUT2D eigenvalue weighted by atomic mass is 32.2. The van der Waals surface area contributed by atoms with Crippen molar-refractivity contribution in [2.75, 3.05) is 12.3 Å². The molecule has 1 aliphatic rings. The van der Waals surface area contributed by atoms with E-state index in [-0.39, 0.29) is 17.0 Å². The number of carboxylic acid groups (broad SMARTS) is 1. The van der Waals surface area contributed by atoms with Crippen LogP contribution in [-0.2, 0) is 4.79 Å². The van der Waals surface area contributed by atoms with Crippen molar-refractivity contribution in [2.45, 2.75) is 13.3 Å². The number of nitrogens with zero attached hydrogens (tertiary/aromatic N) is 1. The smallest absolute Gasteiger partial charge is 0.300 e. The van der Waals surface area contributed by atoms with Gasteiger partial charge in [0.05, 0.1) is 11.1 Å². The fourth-order valence-corrected chi connectivity index (χ4v) is 2.34. The van der Waals surface area contributed by atoms with Gasteiger partial charge in [-0.25, -0.2) is 0 Å². The Bertz CT molecular complexity index is 565. The average Bonchev–Trinajstić information content (AvgIpc) is 2.68. The van der Waals surface area contributed by atoms with Crippen LogP contribution >= 0.6 is 11.8 Å². The molecular weight excluding hydrogens is 306 g/mol. The summed E-state index contributed by atoms with van der Waals surface area (Å²) in [7, 11) is 0. The lowest BCUT2D eigenvalue weighted by Gasteiger charge is -2.12. The van der Waals surface area contributed by atoms with Gasteiger partial charge < -0.3 is 10.8 Å². The largest absolute Gasteiger partial charge is 0.481 e. The zero-order chi connectivity index (χ0) is 16.7. The van der Waals surface area contributed by atoms with Gasteiger partial charge in [-0.2, -0.15) is 0 Å². The van der Waals surface area contributed by atoms with E-state index in [1.54, 1.807) is 24.3 Å². The van der Waals surface area contributed by atoms with Crippen LogP contribution in [0.4, 0.5) is 0 Å². The Morgan fingerprint density at radius 1 is 1.27 bits per heavy atom. The fraction of sp³-hybridized carbons (Fsp3) is 0.286. The SMILES string of the molecule is CC(=O)O.N=C(N)SCCCN1C(=O)c2ccccc2C1=O. The first-order chi connectivity index (χ1) is 10.3. The topological polar surface area (TPSA) is 125 Å². The van der Waals surface area contributed by atoms with Gasteiger partial charge in [-0.3, -0.25) is 24.7 Å². The molecule has 1 aliphatic heterocycles. The third-order valence-corrected chi connectivity index (χ3v) is 3.47. The number of fused-ring (bicyclic) bond motifs is 1. The monoisotopic (exact) mass is 323 g/mol. The second-order valence-electron chi connectivity index (χ2n) is 4.39. The molecule has 0 fully saturated rings. The maximum Gasteiger partial charge on any atom is 0.300 e. The minimum Gasteiger partial charge on any atom is -0.481 e. The first-order valence-electron chi connectivity index (χ1n) is 6.46. The molecule has 2 amide bonds. The van der Waals surface area contributed by atoms with Gasteiger partial charge in [-0.15, -0.1) is 0 Å². The van der Waals surface area contributed by atoms with Gasteiger partial charge >= 0.3 is 0 Å². The van der Waals surface area contributed by atoms with E-state index in [4.69, 9.17) is 21.0 Å². The van der Waals surface area contributed by atoms with Gasteiger partial charge in [0.15, 0.2) is 5.17 Å². The summed E-state index contributed by atoms with van der Waals surface area (Å²) in [5.74, 6) is -0.671. The van der Waals surface area contributed by atoms with E-state index in [0.29, 0.717) is 29.8 Å². The van der Waals surface area contributed by atoms with Crippen LogP contribution in [0.3, 0.4) is 0 Å². The number of rotatable bonds is 4. The maximum absolute atomic E-state index is 12.0. The lowest BCUT2D eigenvalue weighted by Crippen LogP contribution is -2.31. The molecule has 0 aliphatic carbocycles. The number of aliphatic carboxylic acids is 1. The highest BCUT2D eigenvalue weighted by Crippen LogP contribution is 2.22. The second kappa shape index (κ2) is 8.18. The lowest BCUT2D eigenvalue weighted by molar-refractivity contribution is -0.134. The number of nitrogens with one attached hydrogen (secondary N) is 1. The van der Waals surface area contributed by atoms with Gasteiger partial charge in [-0.1, -0.05) is 23.9 Å². The van der Waals surface area contributed by atoms with Crippen molar-refractivity contribution in [3.63, 3.8) is 0 Å². The Labute approximate surface area is 132 Å². The molecule has 8 heteroatoms.